The summed E-state index contributed by atoms with van der Waals surface area (Å²) in [5.74, 6) is -3.93. The molecule has 1 aromatic heterocycles. The highest BCUT2D eigenvalue weighted by atomic mass is 35.5. The van der Waals surface area contributed by atoms with E-state index in [2.05, 4.69) is 20.8 Å². The second-order valence-electron chi connectivity index (χ2n) is 6.74. The third kappa shape index (κ3) is 5.31. The third-order valence-electron chi connectivity index (χ3n) is 4.50. The minimum Gasteiger partial charge on any atom is -0.477 e. The lowest BCUT2D eigenvalue weighted by molar-refractivity contribution is -0.150. The Bertz CT molecular complexity index is 1100. The molecule has 13 nitrogen and oxygen atoms in total. The van der Waals surface area contributed by atoms with Crippen molar-refractivity contribution in [3.05, 3.63) is 22.3 Å². The van der Waals surface area contributed by atoms with Crippen LogP contribution in [0.3, 0.4) is 0 Å². The maximum Gasteiger partial charge on any atom is 0.352 e. The molecule has 2 atom stereocenters. The number of hydrogen-bond donors (Lipinski definition) is 3. The molecule has 3 heterocycles. The zero-order valence-electron chi connectivity index (χ0n) is 17.7. The molecule has 0 saturated carbocycles. The van der Waals surface area contributed by atoms with Gasteiger partial charge >= 0.3 is 11.9 Å². The molecule has 0 spiro atoms. The van der Waals surface area contributed by atoms with E-state index in [0.29, 0.717) is 0 Å². The number of nitrogens with zero attached hydrogens (tertiary/aromatic N) is 3. The zero-order chi connectivity index (χ0) is 25.0. The quantitative estimate of drug-likeness (QED) is 0.129. The predicted octanol–water partition coefficient (Wildman–Crippen LogP) is -0.0274. The van der Waals surface area contributed by atoms with Crippen LogP contribution in [0.2, 0.25) is 0 Å². The lowest BCUT2D eigenvalue weighted by Crippen LogP contribution is -2.71. The Balaban J connectivity index is 1.75. The number of β-lactam (4-membered cyclic amide) rings is 1. The molecule has 0 unspecified atom stereocenters. The number of nitrogens with one attached hydrogen (secondary N) is 2. The Kier molecular flexibility index (Phi) is 8.11. The summed E-state index contributed by atoms with van der Waals surface area (Å²) in [6.07, 6.45) is 0. The second-order valence-corrected chi connectivity index (χ2v) is 8.97. The lowest BCUT2D eigenvalue weighted by Gasteiger charge is -2.49. The maximum atomic E-state index is 12.9. The van der Waals surface area contributed by atoms with Crippen molar-refractivity contribution in [3.63, 3.8) is 0 Å². The Hall–Kier alpha value is -3.17. The number of halogens is 1. The van der Waals surface area contributed by atoms with Gasteiger partial charge in [0, 0.05) is 23.6 Å². The number of ether oxygens (including phenoxy) is 1. The number of carbonyl (C=O) groups excluding carboxylic acids is 4. The van der Waals surface area contributed by atoms with Crippen LogP contribution >= 0.6 is 34.7 Å². The van der Waals surface area contributed by atoms with Crippen LogP contribution in [0.1, 0.15) is 12.6 Å². The Morgan fingerprint density at radius 2 is 2.12 bits per heavy atom. The van der Waals surface area contributed by atoms with Crippen molar-refractivity contribution < 1.29 is 38.7 Å². The van der Waals surface area contributed by atoms with Crippen molar-refractivity contribution in [2.75, 3.05) is 30.7 Å². The summed E-state index contributed by atoms with van der Waals surface area (Å²) in [5, 5.41) is 19.2. The molecule has 34 heavy (non-hydrogen) atoms. The molecule has 0 aromatic carbocycles. The summed E-state index contributed by atoms with van der Waals surface area (Å²) in [6.45, 7) is 0.935. The smallest absolute Gasteiger partial charge is 0.352 e. The molecule has 16 heteroatoms. The number of rotatable bonds is 9. The first-order valence-electron chi connectivity index (χ1n) is 9.45. The number of carboxylic acids is 1. The number of amides is 3. The first-order valence-corrected chi connectivity index (χ1v) is 11.9. The van der Waals surface area contributed by atoms with E-state index in [1.807, 2.05) is 0 Å². The molecule has 3 N–H and O–H groups in total. The van der Waals surface area contributed by atoms with Gasteiger partial charge in [0.15, 0.2) is 10.8 Å². The highest BCUT2D eigenvalue weighted by Crippen LogP contribution is 2.40. The van der Waals surface area contributed by atoms with Crippen molar-refractivity contribution in [2.45, 2.75) is 18.3 Å². The fraction of sp³-hybridized carbons (Fsp3) is 0.389. The number of anilines is 1. The highest BCUT2D eigenvalue weighted by molar-refractivity contribution is 8.00. The molecule has 2 aliphatic heterocycles. The van der Waals surface area contributed by atoms with E-state index in [9.17, 15) is 29.1 Å². The fourth-order valence-electron chi connectivity index (χ4n) is 3.08. The number of oxime groups is 1. The van der Waals surface area contributed by atoms with Crippen molar-refractivity contribution in [1.82, 2.24) is 15.2 Å². The number of carbonyl (C=O) groups is 5. The number of aliphatic carboxylic acids is 1. The number of alkyl halides is 1. The van der Waals surface area contributed by atoms with Crippen LogP contribution in [0.5, 0.6) is 0 Å². The number of esters is 1. The van der Waals surface area contributed by atoms with Crippen molar-refractivity contribution >= 4 is 75.2 Å². The van der Waals surface area contributed by atoms with E-state index in [1.165, 1.54) is 31.2 Å². The zero-order valence-corrected chi connectivity index (χ0v) is 20.1. The number of aromatic nitrogens is 1. The summed E-state index contributed by atoms with van der Waals surface area (Å²) in [6, 6.07) is -1.03. The van der Waals surface area contributed by atoms with E-state index in [1.54, 1.807) is 0 Å². The van der Waals surface area contributed by atoms with Gasteiger partial charge < -0.3 is 25.3 Å². The average Bonchev–Trinajstić information content (AvgIpc) is 3.26. The molecular formula is C18H18ClN5O8S2. The first-order chi connectivity index (χ1) is 16.2. The minimum absolute atomic E-state index is 0.0870. The lowest BCUT2D eigenvalue weighted by atomic mass is 10.0. The minimum atomic E-state index is -1.35. The van der Waals surface area contributed by atoms with Crippen LogP contribution in [-0.2, 0) is 33.5 Å². The van der Waals surface area contributed by atoms with Crippen LogP contribution in [0.25, 0.3) is 0 Å². The summed E-state index contributed by atoms with van der Waals surface area (Å²) >= 11 is 7.69. The van der Waals surface area contributed by atoms with E-state index in [-0.39, 0.29) is 46.0 Å². The molecule has 1 saturated heterocycles. The van der Waals surface area contributed by atoms with Gasteiger partial charge in [-0.15, -0.1) is 34.7 Å². The standard InChI is InChI=1S/C18H18ClN5O8S2/c1-7(25)32-4-8-5-33-16-12(15(28)24(16)13(8)17(29)30)22-14(27)11(23-31-2)9-6-34-18(20-9)21-10(26)3-19/h6,12,16H,3-5H2,1-2H3,(H,22,27)(H,29,30)(H,20,21,26)/b23-11+/t12-,16-/m0/s1. The van der Waals surface area contributed by atoms with Gasteiger partial charge in [-0.2, -0.15) is 0 Å². The van der Waals surface area contributed by atoms with E-state index >= 15 is 0 Å². The molecule has 2 aliphatic rings. The van der Waals surface area contributed by atoms with Gasteiger partial charge in [0.25, 0.3) is 11.8 Å². The molecule has 182 valence electrons. The number of fused-ring (bicyclic) bond motifs is 1. The van der Waals surface area contributed by atoms with Crippen LogP contribution in [-0.4, -0.2) is 87.1 Å². The van der Waals surface area contributed by atoms with Gasteiger partial charge in [0.1, 0.15) is 42.4 Å². The topological polar surface area (TPSA) is 177 Å². The highest BCUT2D eigenvalue weighted by Gasteiger charge is 2.54. The summed E-state index contributed by atoms with van der Waals surface area (Å²) < 4.78 is 4.89. The number of hydrogen-bond acceptors (Lipinski definition) is 11. The molecule has 0 bridgehead atoms. The average molecular weight is 532 g/mol. The van der Waals surface area contributed by atoms with E-state index in [4.69, 9.17) is 21.2 Å². The van der Waals surface area contributed by atoms with E-state index < -0.39 is 41.1 Å². The van der Waals surface area contributed by atoms with Crippen molar-refractivity contribution in [3.8, 4) is 0 Å². The molecular weight excluding hydrogens is 514 g/mol. The third-order valence-corrected chi connectivity index (χ3v) is 6.84. The van der Waals surface area contributed by atoms with Crippen LogP contribution < -0.4 is 10.6 Å². The number of thioether (sulfide) groups is 1. The van der Waals surface area contributed by atoms with Gasteiger partial charge in [-0.25, -0.2) is 9.78 Å². The fourth-order valence-corrected chi connectivity index (χ4v) is 5.19. The van der Waals surface area contributed by atoms with Gasteiger partial charge in [-0.3, -0.25) is 24.1 Å². The SMILES string of the molecule is CO/N=C(/C(=O)N[C@H]1C(=O)N2C(C(=O)O)=C(COC(C)=O)CS[C@@H]12)c1csc(NC(=O)CCl)n1. The van der Waals surface area contributed by atoms with Crippen molar-refractivity contribution in [2.24, 2.45) is 5.16 Å². The van der Waals surface area contributed by atoms with Crippen LogP contribution in [0, 0.1) is 0 Å². The van der Waals surface area contributed by atoms with Crippen molar-refractivity contribution in [1.29, 1.82) is 0 Å². The van der Waals surface area contributed by atoms with Gasteiger partial charge in [0.2, 0.25) is 5.91 Å². The molecule has 3 rings (SSSR count). The van der Waals surface area contributed by atoms with E-state index in [0.717, 1.165) is 16.2 Å². The normalized spacial score (nSPS) is 19.7. The van der Waals surface area contributed by atoms with Gasteiger partial charge in [-0.05, 0) is 0 Å². The molecule has 1 aromatic rings. The maximum absolute atomic E-state index is 12.9. The number of thiazole rings is 1. The molecule has 0 radical (unpaired) electrons. The predicted molar refractivity (Wildman–Crippen MR) is 121 cm³/mol. The second kappa shape index (κ2) is 10.8. The summed E-state index contributed by atoms with van der Waals surface area (Å²) in [4.78, 5) is 69.8. The Labute approximate surface area is 205 Å². The van der Waals surface area contributed by atoms with Crippen LogP contribution in [0.4, 0.5) is 5.13 Å². The largest absolute Gasteiger partial charge is 0.477 e. The molecule has 0 aliphatic carbocycles. The Morgan fingerprint density at radius 3 is 2.74 bits per heavy atom. The van der Waals surface area contributed by atoms with Gasteiger partial charge in [-0.1, -0.05) is 5.16 Å². The monoisotopic (exact) mass is 531 g/mol. The molecule has 1 fully saturated rings. The van der Waals surface area contributed by atoms with Crippen LogP contribution in [0.15, 0.2) is 21.8 Å². The summed E-state index contributed by atoms with van der Waals surface area (Å²) in [7, 11) is 1.22. The Morgan fingerprint density at radius 1 is 1.38 bits per heavy atom. The summed E-state index contributed by atoms with van der Waals surface area (Å²) in [5.41, 5.74) is -0.158. The van der Waals surface area contributed by atoms with Gasteiger partial charge in [0.05, 0.1) is 0 Å². The molecule has 3 amide bonds. The first kappa shape index (κ1) is 25.5. The number of carboxylic acid groups (broad SMARTS) is 1.